The molecule has 21 heavy (non-hydrogen) atoms. The fourth-order valence-electron chi connectivity index (χ4n) is 3.48. The lowest BCUT2D eigenvalue weighted by molar-refractivity contribution is -0.150. The van der Waals surface area contributed by atoms with Gasteiger partial charge in [-0.1, -0.05) is 6.92 Å². The molecule has 2 rings (SSSR count). The Morgan fingerprint density at radius 1 is 1.33 bits per heavy atom. The molecule has 0 radical (unpaired) electrons. The van der Waals surface area contributed by atoms with Crippen LogP contribution in [-0.4, -0.2) is 59.7 Å². The van der Waals surface area contributed by atoms with Crippen molar-refractivity contribution in [2.45, 2.75) is 32.2 Å². The molecule has 1 aliphatic heterocycles. The third-order valence-corrected chi connectivity index (χ3v) is 5.74. The van der Waals surface area contributed by atoms with Crippen molar-refractivity contribution in [3.63, 3.8) is 0 Å². The molecule has 1 N–H and O–H groups in total. The number of methoxy groups -OCH3 is 1. The third kappa shape index (κ3) is 3.92. The molecular weight excluding hydrogens is 290 g/mol. The normalized spacial score (nSPS) is 32.3. The maximum absolute atomic E-state index is 12.9. The summed E-state index contributed by atoms with van der Waals surface area (Å²) in [5.41, 5.74) is 0. The lowest BCUT2D eigenvalue weighted by atomic mass is 9.94. The molecule has 2 unspecified atom stereocenters. The number of carboxylic acid groups (broad SMARTS) is 1. The zero-order valence-corrected chi connectivity index (χ0v) is 13.6. The first-order chi connectivity index (χ1) is 10.0. The summed E-state index contributed by atoms with van der Waals surface area (Å²) in [6.07, 6.45) is 2.31. The Balaban J connectivity index is 2.10. The number of nitrogens with zero attached hydrogens (tertiary/aromatic N) is 1. The SMILES string of the molecule is COCCN(C(=O)[C@H]1CC(C)C[C@H]1C(=O)O)C1CCSC1. The first-order valence-corrected chi connectivity index (χ1v) is 8.80. The van der Waals surface area contributed by atoms with E-state index in [1.54, 1.807) is 7.11 Å². The Hall–Kier alpha value is -0.750. The van der Waals surface area contributed by atoms with Gasteiger partial charge in [0.15, 0.2) is 0 Å². The molecule has 0 aromatic heterocycles. The van der Waals surface area contributed by atoms with Crippen molar-refractivity contribution in [1.29, 1.82) is 0 Å². The molecule has 1 aliphatic carbocycles. The molecule has 6 heteroatoms. The van der Waals surface area contributed by atoms with E-state index in [1.807, 2.05) is 23.6 Å². The predicted molar refractivity (Wildman–Crippen MR) is 82.3 cm³/mol. The van der Waals surface area contributed by atoms with Crippen LogP contribution in [0.25, 0.3) is 0 Å². The highest BCUT2D eigenvalue weighted by Gasteiger charge is 2.44. The molecule has 0 aromatic carbocycles. The fourth-order valence-corrected chi connectivity index (χ4v) is 4.70. The molecule has 1 amide bonds. The van der Waals surface area contributed by atoms with Gasteiger partial charge in [0, 0.05) is 25.4 Å². The van der Waals surface area contributed by atoms with Gasteiger partial charge in [0.05, 0.1) is 18.4 Å². The van der Waals surface area contributed by atoms with Crippen LogP contribution in [0.15, 0.2) is 0 Å². The Labute approximate surface area is 130 Å². The van der Waals surface area contributed by atoms with E-state index in [0.717, 1.165) is 17.9 Å². The Bertz CT molecular complexity index is 384. The van der Waals surface area contributed by atoms with Crippen molar-refractivity contribution in [2.24, 2.45) is 17.8 Å². The van der Waals surface area contributed by atoms with Gasteiger partial charge in [-0.2, -0.15) is 11.8 Å². The van der Waals surface area contributed by atoms with Crippen LogP contribution in [0.1, 0.15) is 26.2 Å². The largest absolute Gasteiger partial charge is 0.481 e. The van der Waals surface area contributed by atoms with Crippen LogP contribution in [0.4, 0.5) is 0 Å². The van der Waals surface area contributed by atoms with Gasteiger partial charge in [-0.3, -0.25) is 9.59 Å². The average Bonchev–Trinajstić information content (AvgIpc) is 3.08. The summed E-state index contributed by atoms with van der Waals surface area (Å²) in [4.78, 5) is 26.2. The molecule has 1 saturated heterocycles. The Morgan fingerprint density at radius 3 is 2.62 bits per heavy atom. The van der Waals surface area contributed by atoms with Crippen LogP contribution in [0, 0.1) is 17.8 Å². The smallest absolute Gasteiger partial charge is 0.307 e. The molecular formula is C15H25NO4S. The summed E-state index contributed by atoms with van der Waals surface area (Å²) >= 11 is 1.86. The second-order valence-electron chi connectivity index (χ2n) is 6.17. The van der Waals surface area contributed by atoms with Crippen molar-refractivity contribution in [2.75, 3.05) is 31.8 Å². The standard InChI is InChI=1S/C15H25NO4S/c1-10-7-12(13(8-10)15(18)19)14(17)16(4-5-20-2)11-3-6-21-9-11/h10-13H,3-9H2,1-2H3,(H,18,19)/t10?,11?,12-,13+/m0/s1. The van der Waals surface area contributed by atoms with E-state index in [0.29, 0.717) is 31.9 Å². The number of thioether (sulfide) groups is 1. The number of carboxylic acids is 1. The molecule has 2 aliphatic rings. The third-order valence-electron chi connectivity index (χ3n) is 4.60. The Morgan fingerprint density at radius 2 is 2.05 bits per heavy atom. The summed E-state index contributed by atoms with van der Waals surface area (Å²) in [6, 6.07) is 0.239. The van der Waals surface area contributed by atoms with Crippen LogP contribution < -0.4 is 0 Å². The van der Waals surface area contributed by atoms with Crippen molar-refractivity contribution < 1.29 is 19.4 Å². The highest BCUT2D eigenvalue weighted by Crippen LogP contribution is 2.38. The second kappa shape index (κ2) is 7.49. The summed E-state index contributed by atoms with van der Waals surface area (Å²) in [7, 11) is 1.63. The van der Waals surface area contributed by atoms with E-state index in [4.69, 9.17) is 4.74 Å². The summed E-state index contributed by atoms with van der Waals surface area (Å²) in [5, 5.41) is 9.37. The fraction of sp³-hybridized carbons (Fsp3) is 0.867. The monoisotopic (exact) mass is 315 g/mol. The Kier molecular flexibility index (Phi) is 5.93. The lowest BCUT2D eigenvalue weighted by Crippen LogP contribution is -2.46. The molecule has 120 valence electrons. The van der Waals surface area contributed by atoms with Gasteiger partial charge in [0.25, 0.3) is 0 Å². The second-order valence-corrected chi connectivity index (χ2v) is 7.32. The molecule has 1 saturated carbocycles. The number of hydrogen-bond donors (Lipinski definition) is 1. The van der Waals surface area contributed by atoms with E-state index in [9.17, 15) is 14.7 Å². The van der Waals surface area contributed by atoms with Crippen LogP contribution >= 0.6 is 11.8 Å². The van der Waals surface area contributed by atoms with Crippen molar-refractivity contribution in [3.8, 4) is 0 Å². The summed E-state index contributed by atoms with van der Waals surface area (Å²) in [5.74, 6) is 0.649. The zero-order valence-electron chi connectivity index (χ0n) is 12.8. The number of carbonyl (C=O) groups is 2. The van der Waals surface area contributed by atoms with E-state index in [1.165, 1.54) is 0 Å². The average molecular weight is 315 g/mol. The highest BCUT2D eigenvalue weighted by molar-refractivity contribution is 7.99. The van der Waals surface area contributed by atoms with E-state index >= 15 is 0 Å². The number of rotatable bonds is 6. The highest BCUT2D eigenvalue weighted by atomic mass is 32.2. The van der Waals surface area contributed by atoms with Gasteiger partial charge < -0.3 is 14.7 Å². The molecule has 0 spiro atoms. The number of hydrogen-bond acceptors (Lipinski definition) is 4. The van der Waals surface area contributed by atoms with E-state index in [2.05, 4.69) is 0 Å². The van der Waals surface area contributed by atoms with Gasteiger partial charge >= 0.3 is 5.97 Å². The molecule has 1 heterocycles. The van der Waals surface area contributed by atoms with Crippen molar-refractivity contribution in [1.82, 2.24) is 4.90 Å². The maximum atomic E-state index is 12.9. The van der Waals surface area contributed by atoms with Crippen molar-refractivity contribution in [3.05, 3.63) is 0 Å². The lowest BCUT2D eigenvalue weighted by Gasteiger charge is -2.32. The van der Waals surface area contributed by atoms with Crippen LogP contribution in [0.2, 0.25) is 0 Å². The molecule has 0 bridgehead atoms. The molecule has 5 nitrogen and oxygen atoms in total. The van der Waals surface area contributed by atoms with E-state index in [-0.39, 0.29) is 17.9 Å². The van der Waals surface area contributed by atoms with Crippen molar-refractivity contribution >= 4 is 23.6 Å². The molecule has 4 atom stereocenters. The molecule has 0 aromatic rings. The quantitative estimate of drug-likeness (QED) is 0.808. The maximum Gasteiger partial charge on any atom is 0.307 e. The number of carbonyl (C=O) groups excluding carboxylic acids is 1. The van der Waals surface area contributed by atoms with Gasteiger partial charge in [-0.25, -0.2) is 0 Å². The van der Waals surface area contributed by atoms with Gasteiger partial charge in [-0.15, -0.1) is 0 Å². The van der Waals surface area contributed by atoms with Crippen LogP contribution in [-0.2, 0) is 14.3 Å². The predicted octanol–water partition coefficient (Wildman–Crippen LogP) is 1.71. The zero-order chi connectivity index (χ0) is 15.4. The van der Waals surface area contributed by atoms with Gasteiger partial charge in [0.2, 0.25) is 5.91 Å². The van der Waals surface area contributed by atoms with E-state index < -0.39 is 11.9 Å². The minimum Gasteiger partial charge on any atom is -0.481 e. The number of ether oxygens (including phenoxy) is 1. The topological polar surface area (TPSA) is 66.8 Å². The number of aliphatic carboxylic acids is 1. The first kappa shape index (κ1) is 16.6. The summed E-state index contributed by atoms with van der Waals surface area (Å²) < 4.78 is 5.12. The molecule has 2 fully saturated rings. The summed E-state index contributed by atoms with van der Waals surface area (Å²) in [6.45, 7) is 3.11. The minimum absolute atomic E-state index is 0.0244. The van der Waals surface area contributed by atoms with Crippen LogP contribution in [0.5, 0.6) is 0 Å². The van der Waals surface area contributed by atoms with Crippen LogP contribution in [0.3, 0.4) is 0 Å². The minimum atomic E-state index is -0.829. The van der Waals surface area contributed by atoms with Gasteiger partial charge in [-0.05, 0) is 30.9 Å². The number of amides is 1. The first-order valence-electron chi connectivity index (χ1n) is 7.64. The van der Waals surface area contributed by atoms with Gasteiger partial charge in [0.1, 0.15) is 0 Å².